The third-order valence-electron chi connectivity index (χ3n) is 4.48. The molecule has 6 heteroatoms. The minimum atomic E-state index is -1.66. The van der Waals surface area contributed by atoms with E-state index in [1.54, 1.807) is 60.7 Å². The lowest BCUT2D eigenvalue weighted by molar-refractivity contribution is 0.104. The van der Waals surface area contributed by atoms with Gasteiger partial charge in [0, 0.05) is 23.1 Å². The van der Waals surface area contributed by atoms with E-state index in [1.807, 2.05) is 0 Å². The molecule has 0 spiro atoms. The zero-order valence-corrected chi connectivity index (χ0v) is 17.2. The number of benzene rings is 3. The molecule has 0 radical (unpaired) electrons. The third kappa shape index (κ3) is 4.58. The van der Waals surface area contributed by atoms with Gasteiger partial charge in [0.05, 0.1) is 11.3 Å². The van der Waals surface area contributed by atoms with Crippen molar-refractivity contribution in [3.05, 3.63) is 105 Å². The highest BCUT2D eigenvalue weighted by Gasteiger charge is 2.33. The number of halogens is 2. The van der Waals surface area contributed by atoms with Crippen molar-refractivity contribution in [1.82, 2.24) is 0 Å². The second-order valence-electron chi connectivity index (χ2n) is 6.63. The quantitative estimate of drug-likeness (QED) is 0.334. The van der Waals surface area contributed by atoms with E-state index < -0.39 is 11.4 Å². The van der Waals surface area contributed by atoms with E-state index in [2.05, 4.69) is 16.6 Å². The van der Waals surface area contributed by atoms with Crippen molar-refractivity contribution >= 4 is 40.5 Å². The molecule has 1 atom stereocenters. The van der Waals surface area contributed by atoms with Crippen LogP contribution in [0.5, 0.6) is 0 Å². The van der Waals surface area contributed by atoms with Gasteiger partial charge in [-0.2, -0.15) is 0 Å². The van der Waals surface area contributed by atoms with Gasteiger partial charge in [0.2, 0.25) is 10.7 Å². The summed E-state index contributed by atoms with van der Waals surface area (Å²) in [5.74, 6) is 5.46. The van der Waals surface area contributed by atoms with Crippen LogP contribution in [-0.4, -0.2) is 10.3 Å². The van der Waals surface area contributed by atoms with Gasteiger partial charge in [-0.05, 0) is 53.6 Å². The Morgan fingerprint density at radius 3 is 2.67 bits per heavy atom. The van der Waals surface area contributed by atoms with Gasteiger partial charge in [-0.3, -0.25) is 4.79 Å². The minimum absolute atomic E-state index is 0.154. The van der Waals surface area contributed by atoms with Gasteiger partial charge in [0.15, 0.2) is 0 Å². The Bertz CT molecular complexity index is 1210. The maximum absolute atomic E-state index is 13.0. The molecular weight excluding hydrogens is 421 g/mol. The van der Waals surface area contributed by atoms with Crippen LogP contribution in [0, 0.1) is 17.7 Å². The highest BCUT2D eigenvalue weighted by Crippen LogP contribution is 2.31. The number of carbonyl (C=O) groups is 1. The largest absolute Gasteiger partial charge is 0.588 e. The highest BCUT2D eigenvalue weighted by molar-refractivity contribution is 7.97. The lowest BCUT2D eigenvalue weighted by Gasteiger charge is -2.21. The van der Waals surface area contributed by atoms with Crippen molar-refractivity contribution in [2.24, 2.45) is 0 Å². The number of hydrogen-bond acceptors (Lipinski definition) is 3. The van der Waals surface area contributed by atoms with E-state index in [0.717, 1.165) is 5.56 Å². The Morgan fingerprint density at radius 1 is 1.10 bits per heavy atom. The number of anilines is 1. The molecule has 0 aliphatic carbocycles. The molecule has 1 N–H and O–H groups in total. The Balaban J connectivity index is 1.59. The molecule has 4 rings (SSSR count). The van der Waals surface area contributed by atoms with E-state index in [1.165, 1.54) is 12.1 Å². The van der Waals surface area contributed by atoms with Crippen LogP contribution in [0.15, 0.2) is 71.6 Å². The maximum atomic E-state index is 13.0. The zero-order chi connectivity index (χ0) is 21.1. The Kier molecular flexibility index (Phi) is 5.91. The monoisotopic (exact) mass is 435 g/mol. The lowest BCUT2D eigenvalue weighted by Crippen LogP contribution is -2.27. The summed E-state index contributed by atoms with van der Waals surface area (Å²) >= 11 is 4.33. The Hall–Kier alpha value is -3.04. The van der Waals surface area contributed by atoms with Crippen molar-refractivity contribution in [2.75, 3.05) is 4.72 Å². The minimum Gasteiger partial charge on any atom is -0.588 e. The molecule has 1 aliphatic rings. The van der Waals surface area contributed by atoms with E-state index in [0.29, 0.717) is 33.8 Å². The summed E-state index contributed by atoms with van der Waals surface area (Å²) in [4.78, 5) is 13.1. The van der Waals surface area contributed by atoms with Gasteiger partial charge in [-0.25, -0.2) is 9.11 Å². The molecule has 0 fully saturated rings. The van der Waals surface area contributed by atoms with E-state index in [4.69, 9.17) is 11.6 Å². The van der Waals surface area contributed by atoms with Crippen LogP contribution in [0.25, 0.3) is 6.08 Å². The second kappa shape index (κ2) is 8.76. The maximum Gasteiger partial charge on any atom is 0.245 e. The summed E-state index contributed by atoms with van der Waals surface area (Å²) in [5, 5.41) is 0.533. The van der Waals surface area contributed by atoms with E-state index in [9.17, 15) is 13.7 Å². The Morgan fingerprint density at radius 2 is 1.90 bits per heavy atom. The van der Waals surface area contributed by atoms with Crippen LogP contribution in [0.1, 0.15) is 27.0 Å². The first kappa shape index (κ1) is 20.2. The number of ketones is 1. The molecule has 0 aromatic heterocycles. The molecule has 1 aliphatic heterocycles. The van der Waals surface area contributed by atoms with Crippen LogP contribution >= 0.6 is 11.6 Å². The van der Waals surface area contributed by atoms with Crippen LogP contribution in [0.2, 0.25) is 5.02 Å². The number of fused-ring (bicyclic) bond motifs is 1. The molecule has 3 aromatic carbocycles. The molecule has 0 saturated carbocycles. The van der Waals surface area contributed by atoms with E-state index >= 15 is 0 Å². The average Bonchev–Trinajstić information content (AvgIpc) is 2.73. The molecule has 0 bridgehead atoms. The number of carbonyl (C=O) groups excluding carboxylic acids is 1. The lowest BCUT2D eigenvalue weighted by atomic mass is 10.0. The predicted octanol–water partition coefficient (Wildman–Crippen LogP) is 5.39. The molecule has 0 saturated heterocycles. The van der Waals surface area contributed by atoms with Gasteiger partial charge in [0.25, 0.3) is 0 Å². The van der Waals surface area contributed by atoms with Crippen LogP contribution in [-0.2, 0) is 17.8 Å². The fraction of sp³-hybridized carbons (Fsp3) is 0.0417. The fourth-order valence-electron chi connectivity index (χ4n) is 2.99. The molecule has 3 aromatic rings. The summed E-state index contributed by atoms with van der Waals surface area (Å²) < 4.78 is 28.4. The molecule has 0 amide bonds. The number of nitrogens with one attached hydrogen (secondary N) is 1. The second-order valence-corrected chi connectivity index (χ2v) is 8.25. The molecule has 1 heterocycles. The van der Waals surface area contributed by atoms with Crippen LogP contribution in [0.4, 0.5) is 10.1 Å². The van der Waals surface area contributed by atoms with Crippen molar-refractivity contribution < 1.29 is 13.7 Å². The first-order valence-electron chi connectivity index (χ1n) is 9.07. The smallest absolute Gasteiger partial charge is 0.245 e. The summed E-state index contributed by atoms with van der Waals surface area (Å²) in [6.07, 6.45) is 2.04. The normalized spacial score (nSPS) is 16.4. The third-order valence-corrected chi connectivity index (χ3v) is 5.82. The fourth-order valence-corrected chi connectivity index (χ4v) is 4.20. The van der Waals surface area contributed by atoms with Gasteiger partial charge in [-0.15, -0.1) is 0 Å². The summed E-state index contributed by atoms with van der Waals surface area (Å²) in [7, 11) is 0. The number of allylic oxidation sites excluding steroid dienone is 1. The number of hydrogen-bond donors (Lipinski definition) is 1. The highest BCUT2D eigenvalue weighted by atomic mass is 35.5. The van der Waals surface area contributed by atoms with Crippen molar-refractivity contribution in [1.29, 1.82) is 0 Å². The first-order valence-corrected chi connectivity index (χ1v) is 10.6. The Labute approximate surface area is 181 Å². The number of Topliss-reactive ketones (excluding diaryl/α,β-unsaturated/α-hetero) is 1. The molecule has 1 unspecified atom stereocenters. The van der Waals surface area contributed by atoms with Gasteiger partial charge >= 0.3 is 0 Å². The van der Waals surface area contributed by atoms with Crippen LogP contribution < -0.4 is 4.72 Å². The van der Waals surface area contributed by atoms with Crippen LogP contribution in [0.3, 0.4) is 0 Å². The van der Waals surface area contributed by atoms with Gasteiger partial charge in [0.1, 0.15) is 17.2 Å². The average molecular weight is 436 g/mol. The van der Waals surface area contributed by atoms with Crippen molar-refractivity contribution in [3.8, 4) is 11.8 Å². The summed E-state index contributed by atoms with van der Waals surface area (Å²) in [6.45, 7) is 0. The molecule has 148 valence electrons. The summed E-state index contributed by atoms with van der Waals surface area (Å²) in [6, 6.07) is 18.3. The van der Waals surface area contributed by atoms with Gasteiger partial charge < -0.3 is 4.55 Å². The molecule has 3 nitrogen and oxygen atoms in total. The van der Waals surface area contributed by atoms with E-state index in [-0.39, 0.29) is 16.5 Å². The number of rotatable bonds is 2. The molecule has 30 heavy (non-hydrogen) atoms. The van der Waals surface area contributed by atoms with Gasteiger partial charge in [-0.1, -0.05) is 47.7 Å². The summed E-state index contributed by atoms with van der Waals surface area (Å²) in [5.41, 5.74) is 3.18. The van der Waals surface area contributed by atoms with Crippen molar-refractivity contribution in [3.63, 3.8) is 0 Å². The first-order chi connectivity index (χ1) is 14.5. The predicted molar refractivity (Wildman–Crippen MR) is 119 cm³/mol. The van der Waals surface area contributed by atoms with Crippen molar-refractivity contribution in [2.45, 2.75) is 6.42 Å². The molecular formula is C24H15ClFNO2S. The zero-order valence-electron chi connectivity index (χ0n) is 15.6. The topological polar surface area (TPSA) is 52.2 Å². The standard InChI is InChI=1S/C24H15ClFNO2S/c25-19-6-2-5-18(13-19)15-23-24(28)21-14-17(9-12-22(21)27-30(23)29)4-1-3-16-7-10-20(26)11-8-16/h2,5-15,27H,3H2/b23-15-. The SMILES string of the molecule is O=C1/C(=C/c2cccc(Cl)c2)[S+]([O-])Nc2ccc(C#CCc3ccc(F)cc3)cc21.